The Bertz CT molecular complexity index is 820. The van der Waals surface area contributed by atoms with Crippen molar-refractivity contribution in [1.29, 1.82) is 0 Å². The normalized spacial score (nSPS) is 19.5. The second-order valence-electron chi connectivity index (χ2n) is 5.42. The van der Waals surface area contributed by atoms with Crippen LogP contribution in [0.3, 0.4) is 0 Å². The molecule has 108 valence electrons. The van der Waals surface area contributed by atoms with Gasteiger partial charge in [-0.3, -0.25) is 9.59 Å². The maximum Gasteiger partial charge on any atom is 0.202 e. The Morgan fingerprint density at radius 1 is 0.682 bits per heavy atom. The molecular weight excluding hydrogens is 312 g/mol. The maximum absolute atomic E-state index is 12.7. The minimum absolute atomic E-state index is 0.0144. The molecule has 2 heterocycles. The predicted octanol–water partition coefficient (Wildman–Crippen LogP) is 4.79. The Morgan fingerprint density at radius 2 is 1.09 bits per heavy atom. The minimum Gasteiger partial charge on any atom is -0.288 e. The zero-order valence-corrected chi connectivity index (χ0v) is 13.7. The largest absolute Gasteiger partial charge is 0.288 e. The topological polar surface area (TPSA) is 34.1 Å². The molecule has 0 fully saturated rings. The van der Waals surface area contributed by atoms with E-state index in [0.29, 0.717) is 9.81 Å². The van der Waals surface area contributed by atoms with Crippen molar-refractivity contribution in [2.24, 2.45) is 0 Å². The van der Waals surface area contributed by atoms with Crippen molar-refractivity contribution >= 4 is 35.1 Å². The van der Waals surface area contributed by atoms with Gasteiger partial charge in [0.1, 0.15) is 0 Å². The summed E-state index contributed by atoms with van der Waals surface area (Å²) < 4.78 is 0. The van der Waals surface area contributed by atoms with Crippen LogP contribution in [0, 0.1) is 13.8 Å². The summed E-state index contributed by atoms with van der Waals surface area (Å²) in [7, 11) is 0. The lowest BCUT2D eigenvalue weighted by Crippen LogP contribution is -2.04. The molecule has 0 saturated carbocycles. The van der Waals surface area contributed by atoms with E-state index in [4.69, 9.17) is 0 Å². The van der Waals surface area contributed by atoms with Crippen molar-refractivity contribution in [3.63, 3.8) is 0 Å². The molecule has 2 aromatic carbocycles. The third-order valence-corrected chi connectivity index (χ3v) is 6.40. The van der Waals surface area contributed by atoms with Crippen molar-refractivity contribution in [2.45, 2.75) is 23.6 Å². The maximum atomic E-state index is 12.7. The van der Waals surface area contributed by atoms with E-state index in [9.17, 15) is 9.59 Å². The molecule has 2 nitrogen and oxygen atoms in total. The molecular formula is C18H12O2S2. The summed E-state index contributed by atoms with van der Waals surface area (Å²) in [5.41, 5.74) is 3.43. The van der Waals surface area contributed by atoms with E-state index in [0.717, 1.165) is 32.0 Å². The zero-order chi connectivity index (χ0) is 15.4. The second-order valence-corrected chi connectivity index (χ2v) is 7.52. The van der Waals surface area contributed by atoms with Gasteiger partial charge in [0.15, 0.2) is 0 Å². The molecule has 0 radical (unpaired) electrons. The first kappa shape index (κ1) is 13.9. The number of carbonyl (C=O) groups is 2. The van der Waals surface area contributed by atoms with E-state index in [2.05, 4.69) is 0 Å². The number of hydrogen-bond acceptors (Lipinski definition) is 4. The van der Waals surface area contributed by atoms with E-state index in [-0.39, 0.29) is 11.6 Å². The highest BCUT2D eigenvalue weighted by molar-refractivity contribution is 8.08. The molecule has 0 amide bonds. The number of ketones is 2. The third-order valence-electron chi connectivity index (χ3n) is 3.97. The Labute approximate surface area is 137 Å². The van der Waals surface area contributed by atoms with Crippen LogP contribution < -0.4 is 0 Å². The summed E-state index contributed by atoms with van der Waals surface area (Å²) in [5.74, 6) is -0.0289. The molecule has 0 saturated heterocycles. The standard InChI is InChI=1S/C18H12O2S2/c1-9-5-3-7-11-13(9)15(19)17(21-11)18-16(20)14-10(2)6-4-8-12(14)22-18/h3-8H,1-2H3. The molecule has 0 unspecified atom stereocenters. The van der Waals surface area contributed by atoms with E-state index in [1.165, 1.54) is 23.5 Å². The van der Waals surface area contributed by atoms with Crippen molar-refractivity contribution in [3.8, 4) is 0 Å². The third kappa shape index (κ3) is 1.84. The van der Waals surface area contributed by atoms with Gasteiger partial charge < -0.3 is 0 Å². The van der Waals surface area contributed by atoms with Crippen LogP contribution in [0.5, 0.6) is 0 Å². The van der Waals surface area contributed by atoms with Crippen LogP contribution in [0.1, 0.15) is 31.8 Å². The van der Waals surface area contributed by atoms with Gasteiger partial charge in [-0.05, 0) is 37.1 Å². The molecule has 2 aliphatic heterocycles. The second kappa shape index (κ2) is 4.86. The van der Waals surface area contributed by atoms with Gasteiger partial charge in [-0.25, -0.2) is 0 Å². The molecule has 0 spiro atoms. The number of thioether (sulfide) groups is 2. The van der Waals surface area contributed by atoms with Gasteiger partial charge in [0.2, 0.25) is 11.6 Å². The molecule has 0 aliphatic carbocycles. The van der Waals surface area contributed by atoms with Crippen LogP contribution in [-0.4, -0.2) is 11.6 Å². The van der Waals surface area contributed by atoms with E-state index in [1.807, 2.05) is 50.2 Å². The van der Waals surface area contributed by atoms with E-state index >= 15 is 0 Å². The molecule has 0 atom stereocenters. The predicted molar refractivity (Wildman–Crippen MR) is 89.8 cm³/mol. The van der Waals surface area contributed by atoms with Gasteiger partial charge in [0, 0.05) is 20.9 Å². The van der Waals surface area contributed by atoms with Crippen LogP contribution >= 0.6 is 23.5 Å². The number of carbonyl (C=O) groups excluding carboxylic acids is 2. The number of Topliss-reactive ketones (excluding diaryl/α,β-unsaturated/α-hetero) is 2. The highest BCUT2D eigenvalue weighted by atomic mass is 32.2. The lowest BCUT2D eigenvalue weighted by atomic mass is 10.0. The Kier molecular flexibility index (Phi) is 3.06. The Balaban J connectivity index is 1.87. The monoisotopic (exact) mass is 324 g/mol. The fraction of sp³-hybridized carbons (Fsp3) is 0.111. The molecule has 0 bridgehead atoms. The summed E-state index contributed by atoms with van der Waals surface area (Å²) in [4.78, 5) is 28.5. The van der Waals surface area contributed by atoms with E-state index < -0.39 is 0 Å². The van der Waals surface area contributed by atoms with Gasteiger partial charge in [0.25, 0.3) is 0 Å². The average molecular weight is 324 g/mol. The zero-order valence-electron chi connectivity index (χ0n) is 12.1. The van der Waals surface area contributed by atoms with Crippen molar-refractivity contribution in [3.05, 3.63) is 68.5 Å². The molecule has 0 aromatic heterocycles. The summed E-state index contributed by atoms with van der Waals surface area (Å²) in [6.07, 6.45) is 0. The first-order valence-electron chi connectivity index (χ1n) is 6.96. The lowest BCUT2D eigenvalue weighted by molar-refractivity contribution is 0.101. The van der Waals surface area contributed by atoms with Crippen molar-refractivity contribution < 1.29 is 9.59 Å². The summed E-state index contributed by atoms with van der Waals surface area (Å²) >= 11 is 2.85. The highest BCUT2D eigenvalue weighted by Crippen LogP contribution is 2.50. The highest BCUT2D eigenvalue weighted by Gasteiger charge is 2.37. The lowest BCUT2D eigenvalue weighted by Gasteiger charge is -2.00. The van der Waals surface area contributed by atoms with Crippen LogP contribution in [0.25, 0.3) is 0 Å². The van der Waals surface area contributed by atoms with E-state index in [1.54, 1.807) is 0 Å². The minimum atomic E-state index is -0.0144. The van der Waals surface area contributed by atoms with Gasteiger partial charge >= 0.3 is 0 Å². The Hall–Kier alpha value is -1.78. The number of aryl methyl sites for hydroxylation is 2. The molecule has 22 heavy (non-hydrogen) atoms. The average Bonchev–Trinajstić information content (AvgIpc) is 2.99. The summed E-state index contributed by atoms with van der Waals surface area (Å²) in [6, 6.07) is 11.7. The fourth-order valence-corrected chi connectivity index (χ4v) is 5.33. The molecule has 2 aromatic rings. The first-order chi connectivity index (χ1) is 10.6. The number of allylic oxidation sites excluding steroid dienone is 2. The van der Waals surface area contributed by atoms with Gasteiger partial charge in [0.05, 0.1) is 9.81 Å². The fourth-order valence-electron chi connectivity index (χ4n) is 2.87. The molecule has 2 aliphatic rings. The first-order valence-corrected chi connectivity index (χ1v) is 8.60. The van der Waals surface area contributed by atoms with Crippen LogP contribution in [0.4, 0.5) is 0 Å². The summed E-state index contributed by atoms with van der Waals surface area (Å²) in [6.45, 7) is 3.88. The smallest absolute Gasteiger partial charge is 0.202 e. The van der Waals surface area contributed by atoms with Crippen LogP contribution in [-0.2, 0) is 0 Å². The number of hydrogen-bond donors (Lipinski definition) is 0. The van der Waals surface area contributed by atoms with Gasteiger partial charge in [-0.2, -0.15) is 0 Å². The SMILES string of the molecule is Cc1cccc2c1C(=O)C(=C1Sc3cccc(C)c3C1=O)S2. The van der Waals surface area contributed by atoms with Crippen molar-refractivity contribution in [2.75, 3.05) is 0 Å². The van der Waals surface area contributed by atoms with Gasteiger partial charge in [-0.1, -0.05) is 47.8 Å². The molecule has 4 heteroatoms. The number of benzene rings is 2. The number of fused-ring (bicyclic) bond motifs is 2. The Morgan fingerprint density at radius 3 is 1.45 bits per heavy atom. The van der Waals surface area contributed by atoms with Crippen molar-refractivity contribution in [1.82, 2.24) is 0 Å². The van der Waals surface area contributed by atoms with Crippen LogP contribution in [0.15, 0.2) is 56.0 Å². The summed E-state index contributed by atoms with van der Waals surface area (Å²) in [5, 5.41) is 0. The quantitative estimate of drug-likeness (QED) is 0.652. The molecule has 4 rings (SSSR count). The number of rotatable bonds is 0. The molecule has 0 N–H and O–H groups in total. The van der Waals surface area contributed by atoms with Crippen LogP contribution in [0.2, 0.25) is 0 Å². The van der Waals surface area contributed by atoms with Gasteiger partial charge in [-0.15, -0.1) is 0 Å².